The maximum atomic E-state index is 14.3. The lowest BCUT2D eigenvalue weighted by Gasteiger charge is -2.37. The van der Waals surface area contributed by atoms with Gasteiger partial charge < -0.3 is 15.0 Å². The van der Waals surface area contributed by atoms with Gasteiger partial charge in [0.25, 0.3) is 5.91 Å². The Labute approximate surface area is 106 Å². The van der Waals surface area contributed by atoms with E-state index in [0.717, 1.165) is 0 Å². The maximum absolute atomic E-state index is 14.3. The zero-order valence-corrected chi connectivity index (χ0v) is 11.0. The van der Waals surface area contributed by atoms with Crippen molar-refractivity contribution in [2.45, 2.75) is 38.5 Å². The van der Waals surface area contributed by atoms with Crippen LogP contribution in [0.1, 0.15) is 27.2 Å². The summed E-state index contributed by atoms with van der Waals surface area (Å²) < 4.78 is 19.6. The first kappa shape index (κ1) is 13.1. The number of alkyl halides is 1. The Hall–Kier alpha value is -1.33. The molecule has 2 rings (SSSR count). The number of hydrogen-bond acceptors (Lipinski definition) is 3. The lowest BCUT2D eigenvalue weighted by molar-refractivity contribution is -0.133. The van der Waals surface area contributed by atoms with Gasteiger partial charge in [0.05, 0.1) is 0 Å². The second-order valence-corrected chi connectivity index (χ2v) is 5.95. The number of rotatable bonds is 0. The molecule has 2 aliphatic heterocycles. The largest absolute Gasteiger partial charge is 0.444 e. The van der Waals surface area contributed by atoms with E-state index in [9.17, 15) is 14.0 Å². The Kier molecular flexibility index (Phi) is 2.99. The highest BCUT2D eigenvalue weighted by molar-refractivity contribution is 5.88. The quantitative estimate of drug-likeness (QED) is 0.707. The number of nitrogens with one attached hydrogen (secondary N) is 1. The van der Waals surface area contributed by atoms with E-state index in [1.54, 1.807) is 20.8 Å². The summed E-state index contributed by atoms with van der Waals surface area (Å²) in [6.07, 6.45) is -0.396. The molecule has 0 aromatic carbocycles. The van der Waals surface area contributed by atoms with Crippen molar-refractivity contribution in [1.82, 2.24) is 10.2 Å². The zero-order valence-electron chi connectivity index (χ0n) is 11.0. The molecule has 1 N–H and O–H groups in total. The average Bonchev–Trinajstić information content (AvgIpc) is 2.52. The first-order valence-corrected chi connectivity index (χ1v) is 6.17. The van der Waals surface area contributed by atoms with Crippen LogP contribution in [0, 0.1) is 5.92 Å². The number of nitrogens with zero attached hydrogens (tertiary/aromatic N) is 1. The Morgan fingerprint density at radius 2 is 2.22 bits per heavy atom. The number of carbonyl (C=O) groups excluding carboxylic acids is 2. The molecule has 0 unspecified atom stereocenters. The molecule has 5 nitrogen and oxygen atoms in total. The van der Waals surface area contributed by atoms with Crippen molar-refractivity contribution < 1.29 is 18.7 Å². The summed E-state index contributed by atoms with van der Waals surface area (Å²) in [5.41, 5.74) is -2.37. The molecular formula is C12H19FN2O3. The third-order valence-electron chi connectivity index (χ3n) is 3.37. The van der Waals surface area contributed by atoms with Gasteiger partial charge in [-0.1, -0.05) is 0 Å². The number of halogens is 1. The van der Waals surface area contributed by atoms with Crippen LogP contribution >= 0.6 is 0 Å². The predicted octanol–water partition coefficient (Wildman–Crippen LogP) is 1.08. The molecule has 18 heavy (non-hydrogen) atoms. The van der Waals surface area contributed by atoms with Gasteiger partial charge in [0.2, 0.25) is 0 Å². The summed E-state index contributed by atoms with van der Waals surface area (Å²) in [6.45, 7) is 6.09. The van der Waals surface area contributed by atoms with Gasteiger partial charge in [0, 0.05) is 32.0 Å². The van der Waals surface area contributed by atoms with Crippen LogP contribution in [0.2, 0.25) is 0 Å². The van der Waals surface area contributed by atoms with E-state index in [0.29, 0.717) is 0 Å². The molecule has 2 atom stereocenters. The van der Waals surface area contributed by atoms with E-state index in [4.69, 9.17) is 4.74 Å². The summed E-state index contributed by atoms with van der Waals surface area (Å²) in [6, 6.07) is 0. The van der Waals surface area contributed by atoms with Crippen LogP contribution in [-0.4, -0.2) is 47.8 Å². The van der Waals surface area contributed by atoms with Crippen LogP contribution in [0.4, 0.5) is 9.18 Å². The summed E-state index contributed by atoms with van der Waals surface area (Å²) in [7, 11) is 0. The first-order valence-electron chi connectivity index (χ1n) is 6.17. The van der Waals surface area contributed by atoms with Crippen molar-refractivity contribution in [3.8, 4) is 0 Å². The topological polar surface area (TPSA) is 58.6 Å². The monoisotopic (exact) mass is 258 g/mol. The minimum absolute atomic E-state index is 0.0444. The maximum Gasteiger partial charge on any atom is 0.410 e. The van der Waals surface area contributed by atoms with Gasteiger partial charge in [-0.3, -0.25) is 4.79 Å². The Bertz CT molecular complexity index is 380. The number of fused-ring (bicyclic) bond motifs is 1. The molecular weight excluding hydrogens is 239 g/mol. The molecule has 2 amide bonds. The zero-order chi connectivity index (χ0) is 13.6. The molecule has 102 valence electrons. The highest BCUT2D eigenvalue weighted by Crippen LogP contribution is 2.36. The van der Waals surface area contributed by atoms with E-state index in [1.807, 2.05) is 0 Å². The Morgan fingerprint density at radius 1 is 1.56 bits per heavy atom. The summed E-state index contributed by atoms with van der Waals surface area (Å²) >= 11 is 0. The lowest BCUT2D eigenvalue weighted by Crippen LogP contribution is -2.53. The molecule has 2 heterocycles. The Balaban J connectivity index is 2.00. The van der Waals surface area contributed by atoms with Crippen LogP contribution < -0.4 is 5.32 Å². The van der Waals surface area contributed by atoms with Crippen molar-refractivity contribution in [3.05, 3.63) is 0 Å². The van der Waals surface area contributed by atoms with E-state index < -0.39 is 29.2 Å². The fourth-order valence-corrected chi connectivity index (χ4v) is 2.38. The molecule has 0 radical (unpaired) electrons. The van der Waals surface area contributed by atoms with Crippen LogP contribution in [-0.2, 0) is 9.53 Å². The fourth-order valence-electron chi connectivity index (χ4n) is 2.38. The predicted molar refractivity (Wildman–Crippen MR) is 62.8 cm³/mol. The lowest BCUT2D eigenvalue weighted by atomic mass is 9.85. The number of carbonyl (C=O) groups is 2. The minimum Gasteiger partial charge on any atom is -0.444 e. The van der Waals surface area contributed by atoms with Gasteiger partial charge in [0.1, 0.15) is 5.60 Å². The first-order chi connectivity index (χ1) is 8.22. The molecule has 0 saturated carbocycles. The number of piperidine rings is 1. The highest BCUT2D eigenvalue weighted by atomic mass is 19.1. The SMILES string of the molecule is CC(C)(C)OC(=O)N1CC[C@]2(F)C(=O)NC[C@@H]2C1. The van der Waals surface area contributed by atoms with Crippen molar-refractivity contribution in [2.75, 3.05) is 19.6 Å². The molecule has 2 aliphatic rings. The van der Waals surface area contributed by atoms with Crippen LogP contribution in [0.3, 0.4) is 0 Å². The summed E-state index contributed by atoms with van der Waals surface area (Å²) in [5.74, 6) is -1.01. The van der Waals surface area contributed by atoms with Crippen LogP contribution in [0.25, 0.3) is 0 Å². The van der Waals surface area contributed by atoms with Crippen LogP contribution in [0.5, 0.6) is 0 Å². The smallest absolute Gasteiger partial charge is 0.410 e. The van der Waals surface area contributed by atoms with Crippen molar-refractivity contribution in [3.63, 3.8) is 0 Å². The number of likely N-dealkylation sites (tertiary alicyclic amines) is 1. The third-order valence-corrected chi connectivity index (χ3v) is 3.37. The summed E-state index contributed by atoms with van der Waals surface area (Å²) in [5, 5.41) is 2.52. The van der Waals surface area contributed by atoms with Gasteiger partial charge >= 0.3 is 6.09 Å². The second kappa shape index (κ2) is 4.10. The molecule has 2 fully saturated rings. The second-order valence-electron chi connectivity index (χ2n) is 5.95. The van der Waals surface area contributed by atoms with E-state index in [1.165, 1.54) is 4.90 Å². The molecule has 0 spiro atoms. The van der Waals surface area contributed by atoms with E-state index in [2.05, 4.69) is 5.32 Å². The highest BCUT2D eigenvalue weighted by Gasteiger charge is 2.54. The molecule has 0 aliphatic carbocycles. The fraction of sp³-hybridized carbons (Fsp3) is 0.833. The van der Waals surface area contributed by atoms with Crippen LogP contribution in [0.15, 0.2) is 0 Å². The average molecular weight is 258 g/mol. The minimum atomic E-state index is -1.81. The van der Waals surface area contributed by atoms with Gasteiger partial charge in [-0.2, -0.15) is 0 Å². The number of ether oxygens (including phenoxy) is 1. The van der Waals surface area contributed by atoms with E-state index in [-0.39, 0.29) is 26.1 Å². The molecule has 0 aromatic rings. The number of hydrogen-bond donors (Lipinski definition) is 1. The van der Waals surface area contributed by atoms with Crippen molar-refractivity contribution in [2.24, 2.45) is 5.92 Å². The Morgan fingerprint density at radius 3 is 2.83 bits per heavy atom. The van der Waals surface area contributed by atoms with Gasteiger partial charge in [-0.25, -0.2) is 9.18 Å². The summed E-state index contributed by atoms with van der Waals surface area (Å²) in [4.78, 5) is 24.8. The van der Waals surface area contributed by atoms with Gasteiger partial charge in [0.15, 0.2) is 5.67 Å². The van der Waals surface area contributed by atoms with Crippen molar-refractivity contribution in [1.29, 1.82) is 0 Å². The molecule has 0 aromatic heterocycles. The molecule has 2 saturated heterocycles. The third kappa shape index (κ3) is 2.28. The van der Waals surface area contributed by atoms with Gasteiger partial charge in [-0.05, 0) is 20.8 Å². The van der Waals surface area contributed by atoms with E-state index >= 15 is 0 Å². The molecule has 6 heteroatoms. The standard InChI is InChI=1S/C12H19FN2O3/c1-11(2,3)18-10(17)15-5-4-12(13)8(7-15)6-14-9(12)16/h8H,4-7H2,1-3H3,(H,14,16)/t8-,12-/m1/s1. The normalized spacial score (nSPS) is 31.9. The van der Waals surface area contributed by atoms with Crippen molar-refractivity contribution >= 4 is 12.0 Å². The van der Waals surface area contributed by atoms with Gasteiger partial charge in [-0.15, -0.1) is 0 Å². The molecule has 0 bridgehead atoms. The number of amides is 2.